The Labute approximate surface area is 127 Å². The molecule has 2 rings (SSSR count). The Balaban J connectivity index is 1.96. The fraction of sp³-hybridized carbons (Fsp3) is 0.867. The number of rotatable bonds is 5. The summed E-state index contributed by atoms with van der Waals surface area (Å²) in [7, 11) is 0. The van der Waals surface area contributed by atoms with E-state index in [0.29, 0.717) is 18.1 Å². The molecule has 1 aromatic rings. The first-order valence-corrected chi connectivity index (χ1v) is 7.82. The Morgan fingerprint density at radius 2 is 2.19 bits per heavy atom. The van der Waals surface area contributed by atoms with Crippen LogP contribution in [0, 0.1) is 5.41 Å². The fourth-order valence-electron chi connectivity index (χ4n) is 2.35. The molecule has 0 saturated carbocycles. The van der Waals surface area contributed by atoms with Crippen LogP contribution in [0.1, 0.15) is 51.9 Å². The normalized spacial score (nSPS) is 22.4. The first-order valence-electron chi connectivity index (χ1n) is 7.82. The van der Waals surface area contributed by atoms with Gasteiger partial charge in [0, 0.05) is 25.6 Å². The quantitative estimate of drug-likeness (QED) is 0.892. The van der Waals surface area contributed by atoms with Crippen molar-refractivity contribution in [2.75, 3.05) is 26.2 Å². The molecule has 1 saturated heterocycles. The van der Waals surface area contributed by atoms with Crippen LogP contribution in [0.5, 0.6) is 0 Å². The first kappa shape index (κ1) is 16.4. The number of nitrogens with two attached hydrogens (primary N) is 1. The highest BCUT2D eigenvalue weighted by molar-refractivity contribution is 4.96. The molecule has 2 N–H and O–H groups in total. The zero-order valence-corrected chi connectivity index (χ0v) is 13.6. The summed E-state index contributed by atoms with van der Waals surface area (Å²) in [6.07, 6.45) is 1.65. The number of hydrogen-bond acceptors (Lipinski definition) is 6. The van der Waals surface area contributed by atoms with E-state index in [1.165, 1.54) is 0 Å². The van der Waals surface area contributed by atoms with Gasteiger partial charge in [0.2, 0.25) is 11.7 Å². The van der Waals surface area contributed by atoms with Crippen molar-refractivity contribution in [3.05, 3.63) is 11.7 Å². The second kappa shape index (κ2) is 6.85. The van der Waals surface area contributed by atoms with Crippen LogP contribution in [0.3, 0.4) is 0 Å². The Hall–Kier alpha value is -0.980. The standard InChI is InChI=1S/C15H28N4O2/c1-5-6-19-7-8-20-11(10-19)14-17-13(21-18-14)9-12(16)15(2,3)4/h11-12H,5-10,16H2,1-4H3. The second-order valence-corrected chi connectivity index (χ2v) is 6.88. The smallest absolute Gasteiger partial charge is 0.228 e. The monoisotopic (exact) mass is 296 g/mol. The van der Waals surface area contributed by atoms with Crippen molar-refractivity contribution < 1.29 is 9.26 Å². The molecule has 6 heteroatoms. The van der Waals surface area contributed by atoms with Crippen LogP contribution in [0.15, 0.2) is 4.52 Å². The van der Waals surface area contributed by atoms with Crippen LogP contribution in [-0.4, -0.2) is 47.3 Å². The molecule has 0 bridgehead atoms. The molecular formula is C15H28N4O2. The lowest BCUT2D eigenvalue weighted by Gasteiger charge is -2.30. The average Bonchev–Trinajstić information content (AvgIpc) is 2.87. The lowest BCUT2D eigenvalue weighted by atomic mass is 9.85. The van der Waals surface area contributed by atoms with Gasteiger partial charge in [0.15, 0.2) is 0 Å². The van der Waals surface area contributed by atoms with Crippen molar-refractivity contribution in [1.29, 1.82) is 0 Å². The third-order valence-corrected chi connectivity index (χ3v) is 3.97. The van der Waals surface area contributed by atoms with Crippen molar-refractivity contribution in [2.24, 2.45) is 11.1 Å². The number of aromatic nitrogens is 2. The Bertz CT molecular complexity index is 439. The van der Waals surface area contributed by atoms with E-state index in [0.717, 1.165) is 32.7 Å². The molecule has 0 aliphatic carbocycles. The van der Waals surface area contributed by atoms with Crippen molar-refractivity contribution in [3.63, 3.8) is 0 Å². The summed E-state index contributed by atoms with van der Waals surface area (Å²) >= 11 is 0. The number of morpholine rings is 1. The van der Waals surface area contributed by atoms with E-state index < -0.39 is 0 Å². The minimum absolute atomic E-state index is 0.00494. The molecule has 0 radical (unpaired) electrons. The molecule has 1 fully saturated rings. The maximum Gasteiger partial charge on any atom is 0.228 e. The third-order valence-electron chi connectivity index (χ3n) is 3.97. The van der Waals surface area contributed by atoms with Gasteiger partial charge in [0.05, 0.1) is 6.61 Å². The van der Waals surface area contributed by atoms with Gasteiger partial charge in [-0.2, -0.15) is 4.98 Å². The summed E-state index contributed by atoms with van der Waals surface area (Å²) in [5.74, 6) is 1.25. The van der Waals surface area contributed by atoms with Gasteiger partial charge in [0.1, 0.15) is 6.10 Å². The van der Waals surface area contributed by atoms with E-state index in [1.54, 1.807) is 0 Å². The molecule has 2 unspecified atom stereocenters. The van der Waals surface area contributed by atoms with Gasteiger partial charge in [-0.05, 0) is 18.4 Å². The summed E-state index contributed by atoms with van der Waals surface area (Å²) in [5.41, 5.74) is 6.19. The van der Waals surface area contributed by atoms with E-state index in [9.17, 15) is 0 Å². The summed E-state index contributed by atoms with van der Waals surface area (Å²) in [6.45, 7) is 12.1. The van der Waals surface area contributed by atoms with E-state index >= 15 is 0 Å². The molecule has 2 atom stereocenters. The summed E-state index contributed by atoms with van der Waals surface area (Å²) in [4.78, 5) is 6.85. The summed E-state index contributed by atoms with van der Waals surface area (Å²) in [6, 6.07) is -0.00494. The maximum atomic E-state index is 6.16. The molecule has 0 aromatic carbocycles. The molecule has 21 heavy (non-hydrogen) atoms. The zero-order valence-electron chi connectivity index (χ0n) is 13.6. The highest BCUT2D eigenvalue weighted by Gasteiger charge is 2.27. The summed E-state index contributed by atoms with van der Waals surface area (Å²) < 4.78 is 11.1. The Morgan fingerprint density at radius 3 is 2.86 bits per heavy atom. The topological polar surface area (TPSA) is 77.4 Å². The molecule has 2 heterocycles. The average molecular weight is 296 g/mol. The van der Waals surface area contributed by atoms with Gasteiger partial charge in [-0.25, -0.2) is 0 Å². The predicted octanol–water partition coefficient (Wildman–Crippen LogP) is 1.77. The van der Waals surface area contributed by atoms with Crippen LogP contribution < -0.4 is 5.73 Å². The minimum Gasteiger partial charge on any atom is -0.367 e. The van der Waals surface area contributed by atoms with Crippen LogP contribution >= 0.6 is 0 Å². The van der Waals surface area contributed by atoms with Crippen molar-refractivity contribution in [3.8, 4) is 0 Å². The van der Waals surface area contributed by atoms with Crippen LogP contribution in [-0.2, 0) is 11.2 Å². The second-order valence-electron chi connectivity index (χ2n) is 6.88. The maximum absolute atomic E-state index is 6.16. The van der Waals surface area contributed by atoms with Crippen LogP contribution in [0.25, 0.3) is 0 Å². The van der Waals surface area contributed by atoms with Gasteiger partial charge < -0.3 is 15.0 Å². The zero-order chi connectivity index (χ0) is 15.5. The van der Waals surface area contributed by atoms with Crippen molar-refractivity contribution in [1.82, 2.24) is 15.0 Å². The molecular weight excluding hydrogens is 268 g/mol. The molecule has 1 aliphatic rings. The Kier molecular flexibility index (Phi) is 5.35. The molecule has 0 amide bonds. The predicted molar refractivity (Wildman–Crippen MR) is 80.9 cm³/mol. The van der Waals surface area contributed by atoms with Gasteiger partial charge >= 0.3 is 0 Å². The Morgan fingerprint density at radius 1 is 1.43 bits per heavy atom. The highest BCUT2D eigenvalue weighted by atomic mass is 16.5. The van der Waals surface area contributed by atoms with E-state index in [2.05, 4.69) is 42.7 Å². The van der Waals surface area contributed by atoms with Crippen LogP contribution in [0.4, 0.5) is 0 Å². The van der Waals surface area contributed by atoms with E-state index in [4.69, 9.17) is 15.0 Å². The third kappa shape index (κ3) is 4.49. The van der Waals surface area contributed by atoms with Crippen molar-refractivity contribution >= 4 is 0 Å². The minimum atomic E-state index is -0.0892. The van der Waals surface area contributed by atoms with E-state index in [-0.39, 0.29) is 17.6 Å². The number of hydrogen-bond donors (Lipinski definition) is 1. The lowest BCUT2D eigenvalue weighted by molar-refractivity contribution is -0.0350. The SMILES string of the molecule is CCCN1CCOC(c2noc(CC(N)C(C)(C)C)n2)C1. The highest BCUT2D eigenvalue weighted by Crippen LogP contribution is 2.23. The molecule has 6 nitrogen and oxygen atoms in total. The summed E-state index contributed by atoms with van der Waals surface area (Å²) in [5, 5.41) is 4.08. The first-order chi connectivity index (χ1) is 9.90. The largest absolute Gasteiger partial charge is 0.367 e. The lowest BCUT2D eigenvalue weighted by Crippen LogP contribution is -2.39. The molecule has 1 aliphatic heterocycles. The van der Waals surface area contributed by atoms with Gasteiger partial charge in [-0.3, -0.25) is 4.90 Å². The molecule has 120 valence electrons. The van der Waals surface area contributed by atoms with Gasteiger partial charge in [-0.1, -0.05) is 32.9 Å². The molecule has 0 spiro atoms. The van der Waals surface area contributed by atoms with Gasteiger partial charge in [-0.15, -0.1) is 0 Å². The van der Waals surface area contributed by atoms with Gasteiger partial charge in [0.25, 0.3) is 0 Å². The number of ether oxygens (including phenoxy) is 1. The fourth-order valence-corrected chi connectivity index (χ4v) is 2.35. The van der Waals surface area contributed by atoms with Crippen molar-refractivity contribution in [2.45, 2.75) is 52.7 Å². The van der Waals surface area contributed by atoms with E-state index in [1.807, 2.05) is 0 Å². The van der Waals surface area contributed by atoms with Crippen LogP contribution in [0.2, 0.25) is 0 Å². The molecule has 1 aromatic heterocycles. The number of nitrogens with zero attached hydrogens (tertiary/aromatic N) is 3.